The fourth-order valence-electron chi connectivity index (χ4n) is 5.12. The molecule has 0 aromatic rings. The van der Waals surface area contributed by atoms with E-state index in [9.17, 15) is 14.4 Å². The summed E-state index contributed by atoms with van der Waals surface area (Å²) in [6.45, 7) is 0.182. The van der Waals surface area contributed by atoms with Crippen molar-refractivity contribution in [1.29, 1.82) is 0 Å². The smallest absolute Gasteiger partial charge is 0.308 e. The first-order valence-corrected chi connectivity index (χ1v) is 20.4. The van der Waals surface area contributed by atoms with Crippen LogP contribution in [0.3, 0.4) is 0 Å². The highest BCUT2D eigenvalue weighted by Gasteiger charge is 2.25. The highest BCUT2D eigenvalue weighted by atomic mass is 33.2. The predicted octanol–water partition coefficient (Wildman–Crippen LogP) is 7.49. The van der Waals surface area contributed by atoms with Gasteiger partial charge in [-0.05, 0) is 88.9 Å². The van der Waals surface area contributed by atoms with Crippen molar-refractivity contribution in [3.63, 3.8) is 0 Å². The van der Waals surface area contributed by atoms with Crippen molar-refractivity contribution < 1.29 is 33.1 Å². The average molecular weight is 609 g/mol. The van der Waals surface area contributed by atoms with Crippen LogP contribution in [-0.2, 0) is 44.9 Å². The molecule has 7 nitrogen and oxygen atoms in total. The minimum atomic E-state index is -2.47. The standard InChI is InChI=1S/C27H45O7PS3/c28-25(32-22-10-4-1-5-11-22)16-19-31-35(36,37-20-17-26(29)33-23-12-6-2-7-13-23)38-21-18-27(30)34-24-14-8-3-9-15-24/h22-24H,1-21H2. The first-order chi connectivity index (χ1) is 18.4. The molecule has 0 amide bonds. The van der Waals surface area contributed by atoms with Gasteiger partial charge in [-0.3, -0.25) is 14.4 Å². The maximum Gasteiger partial charge on any atom is 0.308 e. The van der Waals surface area contributed by atoms with E-state index in [4.69, 9.17) is 30.5 Å². The second-order valence-corrected chi connectivity index (χ2v) is 21.2. The van der Waals surface area contributed by atoms with Crippen LogP contribution >= 0.6 is 27.4 Å². The molecule has 0 bridgehead atoms. The van der Waals surface area contributed by atoms with Gasteiger partial charge in [-0.2, -0.15) is 0 Å². The molecule has 0 saturated heterocycles. The number of hydrogen-bond donors (Lipinski definition) is 0. The van der Waals surface area contributed by atoms with Crippen molar-refractivity contribution in [1.82, 2.24) is 0 Å². The normalized spacial score (nSPS) is 20.1. The molecule has 3 rings (SSSR count). The second-order valence-electron chi connectivity index (χ2n) is 10.4. The predicted molar refractivity (Wildman–Crippen MR) is 158 cm³/mol. The Balaban J connectivity index is 1.41. The van der Waals surface area contributed by atoms with E-state index in [0.717, 1.165) is 77.0 Å². The minimum Gasteiger partial charge on any atom is -0.462 e. The second kappa shape index (κ2) is 18.2. The molecule has 0 aromatic carbocycles. The van der Waals surface area contributed by atoms with Crippen LogP contribution in [0.5, 0.6) is 0 Å². The fourth-order valence-corrected chi connectivity index (χ4v) is 13.2. The maximum atomic E-state index is 12.4. The van der Waals surface area contributed by atoms with E-state index in [1.54, 1.807) is 0 Å². The lowest BCUT2D eigenvalue weighted by atomic mass is 9.98. The van der Waals surface area contributed by atoms with E-state index in [0.29, 0.717) is 11.5 Å². The largest absolute Gasteiger partial charge is 0.462 e. The van der Waals surface area contributed by atoms with Gasteiger partial charge in [0.05, 0.1) is 25.9 Å². The highest BCUT2D eigenvalue weighted by molar-refractivity contribution is 8.99. The molecule has 0 aromatic heterocycles. The van der Waals surface area contributed by atoms with Crippen LogP contribution in [0.4, 0.5) is 0 Å². The lowest BCUT2D eigenvalue weighted by Crippen LogP contribution is -2.21. The molecular formula is C27H45O7PS3. The third-order valence-electron chi connectivity index (χ3n) is 7.22. The molecule has 3 saturated carbocycles. The highest BCUT2D eigenvalue weighted by Crippen LogP contribution is 2.70. The summed E-state index contributed by atoms with van der Waals surface area (Å²) in [7, 11) is 0. The summed E-state index contributed by atoms with van der Waals surface area (Å²) in [4.78, 5) is 37.0. The minimum absolute atomic E-state index is 0.0217. The monoisotopic (exact) mass is 608 g/mol. The molecule has 0 spiro atoms. The molecule has 11 heteroatoms. The Morgan fingerprint density at radius 2 is 0.921 bits per heavy atom. The molecule has 38 heavy (non-hydrogen) atoms. The zero-order valence-electron chi connectivity index (χ0n) is 22.6. The van der Waals surface area contributed by atoms with Crippen molar-refractivity contribution >= 4 is 57.1 Å². The zero-order valence-corrected chi connectivity index (χ0v) is 26.0. The molecule has 0 radical (unpaired) electrons. The Hall–Kier alpha value is -0.280. The number of hydrogen-bond acceptors (Lipinski definition) is 10. The van der Waals surface area contributed by atoms with Gasteiger partial charge in [-0.25, -0.2) is 0 Å². The van der Waals surface area contributed by atoms with E-state index in [1.807, 2.05) is 0 Å². The van der Waals surface area contributed by atoms with Crippen LogP contribution in [0.25, 0.3) is 0 Å². The van der Waals surface area contributed by atoms with Crippen LogP contribution in [0, 0.1) is 0 Å². The Morgan fingerprint density at radius 3 is 1.29 bits per heavy atom. The maximum absolute atomic E-state index is 12.4. The Labute approximate surface area is 241 Å². The SMILES string of the molecule is O=C(CCOP(=S)(SCCC(=O)OC1CCCCC1)SCCC(=O)OC1CCCCC1)OC1CCCCC1. The van der Waals surface area contributed by atoms with E-state index >= 15 is 0 Å². The molecular weight excluding hydrogens is 563 g/mol. The van der Waals surface area contributed by atoms with Gasteiger partial charge < -0.3 is 18.7 Å². The number of rotatable bonds is 15. The van der Waals surface area contributed by atoms with Gasteiger partial charge in [0.2, 0.25) is 0 Å². The summed E-state index contributed by atoms with van der Waals surface area (Å²) >= 11 is 8.80. The molecule has 0 atom stereocenters. The Bertz CT molecular complexity index is 679. The van der Waals surface area contributed by atoms with Gasteiger partial charge in [0.15, 0.2) is 4.67 Å². The Morgan fingerprint density at radius 1 is 0.579 bits per heavy atom. The molecule has 218 valence electrons. The van der Waals surface area contributed by atoms with Crippen LogP contribution in [-0.4, -0.2) is 54.3 Å². The summed E-state index contributed by atoms with van der Waals surface area (Å²) < 4.78 is 20.5. The van der Waals surface area contributed by atoms with Crippen LogP contribution in [0.2, 0.25) is 0 Å². The van der Waals surface area contributed by atoms with E-state index in [2.05, 4.69) is 0 Å². The van der Waals surface area contributed by atoms with E-state index in [-0.39, 0.29) is 62.1 Å². The molecule has 3 aliphatic rings. The lowest BCUT2D eigenvalue weighted by molar-refractivity contribution is -0.151. The van der Waals surface area contributed by atoms with E-state index < -0.39 is 4.67 Å². The zero-order chi connectivity index (χ0) is 27.1. The van der Waals surface area contributed by atoms with Gasteiger partial charge in [0, 0.05) is 11.5 Å². The van der Waals surface area contributed by atoms with Crippen molar-refractivity contribution in [3.8, 4) is 0 Å². The molecule has 3 aliphatic carbocycles. The molecule has 0 unspecified atom stereocenters. The first kappa shape index (κ1) is 32.2. The van der Waals surface area contributed by atoms with Gasteiger partial charge in [-0.1, -0.05) is 42.0 Å². The number of ether oxygens (including phenoxy) is 3. The average Bonchev–Trinajstić information content (AvgIpc) is 2.90. The molecule has 0 aliphatic heterocycles. The molecule has 0 N–H and O–H groups in total. The van der Waals surface area contributed by atoms with Crippen LogP contribution in [0.1, 0.15) is 116 Å². The topological polar surface area (TPSA) is 88.1 Å². The summed E-state index contributed by atoms with van der Waals surface area (Å²) in [5.41, 5.74) is 0. The third-order valence-corrected chi connectivity index (χ3v) is 16.9. The third kappa shape index (κ3) is 13.4. The number of carbonyl (C=O) groups is 3. The van der Waals surface area contributed by atoms with Gasteiger partial charge in [0.25, 0.3) is 0 Å². The van der Waals surface area contributed by atoms with Crippen molar-refractivity contribution in [2.24, 2.45) is 0 Å². The van der Waals surface area contributed by atoms with E-state index in [1.165, 1.54) is 42.0 Å². The van der Waals surface area contributed by atoms with Crippen molar-refractivity contribution in [3.05, 3.63) is 0 Å². The molecule has 0 heterocycles. The summed E-state index contributed by atoms with van der Waals surface area (Å²) in [5.74, 6) is 0.357. The van der Waals surface area contributed by atoms with Crippen molar-refractivity contribution in [2.75, 3.05) is 18.1 Å². The fraction of sp³-hybridized carbons (Fsp3) is 0.889. The van der Waals surface area contributed by atoms with Gasteiger partial charge >= 0.3 is 17.9 Å². The van der Waals surface area contributed by atoms with Crippen LogP contribution in [0.15, 0.2) is 0 Å². The Kier molecular flexibility index (Phi) is 15.5. The quantitative estimate of drug-likeness (QED) is 0.106. The lowest BCUT2D eigenvalue weighted by Gasteiger charge is -2.24. The summed E-state index contributed by atoms with van der Waals surface area (Å²) in [5, 5.41) is 0. The number of carbonyl (C=O) groups excluding carboxylic acids is 3. The number of esters is 3. The first-order valence-electron chi connectivity index (χ1n) is 14.5. The van der Waals surface area contributed by atoms with Gasteiger partial charge in [0.1, 0.15) is 18.3 Å². The summed E-state index contributed by atoms with van der Waals surface area (Å²) in [6, 6.07) is 0. The summed E-state index contributed by atoms with van der Waals surface area (Å²) in [6.07, 6.45) is 16.8. The van der Waals surface area contributed by atoms with Crippen molar-refractivity contribution in [2.45, 2.75) is 134 Å². The molecule has 3 fully saturated rings. The van der Waals surface area contributed by atoms with Gasteiger partial charge in [-0.15, -0.1) is 0 Å². The van der Waals surface area contributed by atoms with Crippen LogP contribution < -0.4 is 0 Å².